The molecule has 5 heteroatoms. The quantitative estimate of drug-likeness (QED) is 0.160. The summed E-state index contributed by atoms with van der Waals surface area (Å²) in [5.74, 6) is -0.00123. The molecule has 3 aromatic rings. The molecule has 4 rings (SSSR count). The largest absolute Gasteiger partial charge is 0.426 e. The van der Waals surface area contributed by atoms with Gasteiger partial charge < -0.3 is 20.3 Å². The highest BCUT2D eigenvalue weighted by Gasteiger charge is 2.54. The maximum Gasteiger partial charge on any atom is 0.308 e. The standard InChI is InChI=1S/C35H45NO4/c1-26(38)40-31-24-29(33(2,3)4)18-19-30(31)34(21-12-7-13-23-37)25-36-22-20-32(34)35(39,27-14-8-5-9-15-27)28-16-10-6-11-17-28/h5-6,8-11,14-19,24,32,36-37,39H,7,12-13,20-23,25H2,1-4H3. The third-order valence-corrected chi connectivity index (χ3v) is 8.57. The number of carbonyl (C=O) groups excluding carboxylic acids is 1. The predicted octanol–water partition coefficient (Wildman–Crippen LogP) is 6.25. The Kier molecular flexibility index (Phi) is 9.50. The van der Waals surface area contributed by atoms with Crippen molar-refractivity contribution in [3.63, 3.8) is 0 Å². The van der Waals surface area contributed by atoms with E-state index < -0.39 is 11.0 Å². The zero-order chi connectivity index (χ0) is 28.8. The Labute approximate surface area is 239 Å². The smallest absolute Gasteiger partial charge is 0.308 e. The van der Waals surface area contributed by atoms with E-state index in [1.54, 1.807) is 0 Å². The van der Waals surface area contributed by atoms with Gasteiger partial charge in [-0.1, -0.05) is 106 Å². The number of piperidine rings is 1. The number of esters is 1. The van der Waals surface area contributed by atoms with Crippen LogP contribution in [-0.4, -0.2) is 35.9 Å². The Morgan fingerprint density at radius 1 is 0.925 bits per heavy atom. The molecule has 3 N–H and O–H groups in total. The molecule has 40 heavy (non-hydrogen) atoms. The lowest BCUT2D eigenvalue weighted by Crippen LogP contribution is -2.58. The lowest BCUT2D eigenvalue weighted by atomic mass is 9.56. The highest BCUT2D eigenvalue weighted by atomic mass is 16.5. The molecular weight excluding hydrogens is 498 g/mol. The van der Waals surface area contributed by atoms with Gasteiger partial charge in [-0.2, -0.15) is 0 Å². The number of hydrogen-bond donors (Lipinski definition) is 3. The van der Waals surface area contributed by atoms with Crippen molar-refractivity contribution in [2.24, 2.45) is 5.92 Å². The van der Waals surface area contributed by atoms with E-state index in [-0.39, 0.29) is 23.9 Å². The molecule has 0 spiro atoms. The van der Waals surface area contributed by atoms with Gasteiger partial charge >= 0.3 is 5.97 Å². The van der Waals surface area contributed by atoms with E-state index in [1.165, 1.54) is 6.92 Å². The van der Waals surface area contributed by atoms with Crippen LogP contribution >= 0.6 is 0 Å². The van der Waals surface area contributed by atoms with Crippen molar-refractivity contribution in [2.75, 3.05) is 19.7 Å². The Bertz CT molecular complexity index is 1210. The van der Waals surface area contributed by atoms with Crippen molar-refractivity contribution in [3.05, 3.63) is 101 Å². The van der Waals surface area contributed by atoms with Gasteiger partial charge in [0, 0.05) is 37.0 Å². The van der Waals surface area contributed by atoms with Crippen LogP contribution in [0.5, 0.6) is 5.75 Å². The molecule has 2 atom stereocenters. The van der Waals surface area contributed by atoms with Crippen molar-refractivity contribution in [2.45, 2.75) is 76.2 Å². The van der Waals surface area contributed by atoms with Gasteiger partial charge in [0.15, 0.2) is 0 Å². The number of benzene rings is 3. The van der Waals surface area contributed by atoms with E-state index in [0.29, 0.717) is 12.3 Å². The average molecular weight is 544 g/mol. The maximum atomic E-state index is 13.1. The van der Waals surface area contributed by atoms with Gasteiger partial charge in [-0.3, -0.25) is 4.79 Å². The normalized spacial score (nSPS) is 19.8. The van der Waals surface area contributed by atoms with E-state index in [4.69, 9.17) is 4.74 Å². The van der Waals surface area contributed by atoms with Gasteiger partial charge in [0.25, 0.3) is 0 Å². The van der Waals surface area contributed by atoms with Crippen LogP contribution in [-0.2, 0) is 21.2 Å². The number of ether oxygens (including phenoxy) is 1. The lowest BCUT2D eigenvalue weighted by molar-refractivity contribution is -0.132. The van der Waals surface area contributed by atoms with E-state index in [9.17, 15) is 15.0 Å². The molecule has 3 aromatic carbocycles. The lowest BCUT2D eigenvalue weighted by Gasteiger charge is -2.53. The molecular formula is C35H45NO4. The van der Waals surface area contributed by atoms with Crippen LogP contribution in [0.1, 0.15) is 82.1 Å². The molecule has 0 saturated carbocycles. The van der Waals surface area contributed by atoms with Crippen molar-refractivity contribution >= 4 is 5.97 Å². The minimum absolute atomic E-state index is 0.124. The second kappa shape index (κ2) is 12.7. The molecule has 1 heterocycles. The molecule has 1 fully saturated rings. The zero-order valence-electron chi connectivity index (χ0n) is 24.5. The second-order valence-corrected chi connectivity index (χ2v) is 12.3. The summed E-state index contributed by atoms with van der Waals surface area (Å²) in [5, 5.41) is 26.2. The van der Waals surface area contributed by atoms with Gasteiger partial charge in [0.2, 0.25) is 0 Å². The Morgan fingerprint density at radius 2 is 1.55 bits per heavy atom. The van der Waals surface area contributed by atoms with Crippen LogP contribution in [0.3, 0.4) is 0 Å². The van der Waals surface area contributed by atoms with Gasteiger partial charge in [0.1, 0.15) is 11.4 Å². The molecule has 0 aliphatic carbocycles. The summed E-state index contributed by atoms with van der Waals surface area (Å²) in [6.45, 7) is 9.47. The van der Waals surface area contributed by atoms with Crippen LogP contribution < -0.4 is 10.1 Å². The number of aliphatic hydroxyl groups is 2. The molecule has 1 aliphatic rings. The highest BCUT2D eigenvalue weighted by Crippen LogP contribution is 2.54. The number of carbonyl (C=O) groups is 1. The summed E-state index contributed by atoms with van der Waals surface area (Å²) in [6.07, 6.45) is 3.99. The second-order valence-electron chi connectivity index (χ2n) is 12.3. The highest BCUT2D eigenvalue weighted by molar-refractivity contribution is 5.70. The van der Waals surface area contributed by atoms with E-state index in [2.05, 4.69) is 38.2 Å². The SMILES string of the molecule is CC(=O)Oc1cc(C(C)(C)C)ccc1C1(CCCCCO)CNCCC1C(O)(c1ccccc1)c1ccccc1. The van der Waals surface area contributed by atoms with Gasteiger partial charge in [-0.25, -0.2) is 0 Å². The van der Waals surface area contributed by atoms with Crippen molar-refractivity contribution in [1.82, 2.24) is 5.32 Å². The summed E-state index contributed by atoms with van der Waals surface area (Å²) in [4.78, 5) is 12.4. The first-order chi connectivity index (χ1) is 19.1. The van der Waals surface area contributed by atoms with E-state index in [1.807, 2.05) is 66.7 Å². The van der Waals surface area contributed by atoms with Gasteiger partial charge in [-0.05, 0) is 54.0 Å². The Balaban J connectivity index is 1.98. The minimum atomic E-state index is -1.28. The van der Waals surface area contributed by atoms with Crippen LogP contribution in [0.4, 0.5) is 0 Å². The van der Waals surface area contributed by atoms with Crippen LogP contribution in [0, 0.1) is 5.92 Å². The molecule has 0 amide bonds. The van der Waals surface area contributed by atoms with E-state index >= 15 is 0 Å². The van der Waals surface area contributed by atoms with Crippen molar-refractivity contribution in [1.29, 1.82) is 0 Å². The predicted molar refractivity (Wildman–Crippen MR) is 161 cm³/mol. The first kappa shape index (κ1) is 30.0. The van der Waals surface area contributed by atoms with Crippen molar-refractivity contribution < 1.29 is 19.7 Å². The molecule has 1 saturated heterocycles. The molecule has 0 aromatic heterocycles. The average Bonchev–Trinajstić information content (AvgIpc) is 2.95. The zero-order valence-corrected chi connectivity index (χ0v) is 24.5. The summed E-state index contributed by atoms with van der Waals surface area (Å²) >= 11 is 0. The number of unbranched alkanes of at least 4 members (excludes halogenated alkanes) is 2. The van der Waals surface area contributed by atoms with Crippen LogP contribution in [0.15, 0.2) is 78.9 Å². The molecule has 0 bridgehead atoms. The summed E-state index contributed by atoms with van der Waals surface area (Å²) < 4.78 is 5.97. The topological polar surface area (TPSA) is 78.8 Å². The van der Waals surface area contributed by atoms with Crippen LogP contribution in [0.2, 0.25) is 0 Å². The molecule has 1 aliphatic heterocycles. The van der Waals surface area contributed by atoms with Crippen molar-refractivity contribution in [3.8, 4) is 5.75 Å². The first-order valence-electron chi connectivity index (χ1n) is 14.6. The first-order valence-corrected chi connectivity index (χ1v) is 14.6. The van der Waals surface area contributed by atoms with Gasteiger partial charge in [-0.15, -0.1) is 0 Å². The number of hydrogen-bond acceptors (Lipinski definition) is 5. The van der Waals surface area contributed by atoms with E-state index in [0.717, 1.165) is 60.9 Å². The number of rotatable bonds is 10. The maximum absolute atomic E-state index is 13.1. The summed E-state index contributed by atoms with van der Waals surface area (Å²) in [5.41, 5.74) is 1.79. The Morgan fingerprint density at radius 3 is 2.10 bits per heavy atom. The number of aliphatic hydroxyl groups excluding tert-OH is 1. The third-order valence-electron chi connectivity index (χ3n) is 8.57. The molecule has 5 nitrogen and oxygen atoms in total. The molecule has 214 valence electrons. The summed E-state index contributed by atoms with van der Waals surface area (Å²) in [6, 6.07) is 26.2. The minimum Gasteiger partial charge on any atom is -0.426 e. The number of nitrogens with one attached hydrogen (secondary N) is 1. The fraction of sp³-hybridized carbons (Fsp3) is 0.457. The van der Waals surface area contributed by atoms with Crippen LogP contribution in [0.25, 0.3) is 0 Å². The fourth-order valence-electron chi connectivity index (χ4n) is 6.57. The van der Waals surface area contributed by atoms with Gasteiger partial charge in [0.05, 0.1) is 0 Å². The molecule has 0 radical (unpaired) electrons. The Hall–Kier alpha value is -2.99. The molecule has 2 unspecified atom stereocenters. The third kappa shape index (κ3) is 6.17. The summed E-state index contributed by atoms with van der Waals surface area (Å²) in [7, 11) is 0. The monoisotopic (exact) mass is 543 g/mol. The fourth-order valence-corrected chi connectivity index (χ4v) is 6.57.